The van der Waals surface area contributed by atoms with Crippen LogP contribution in [0.4, 0.5) is 0 Å². The number of hydrogen-bond acceptors (Lipinski definition) is 6. The van der Waals surface area contributed by atoms with E-state index in [2.05, 4.69) is 15.3 Å². The molecule has 0 radical (unpaired) electrons. The van der Waals surface area contributed by atoms with Crippen LogP contribution in [0.15, 0.2) is 18.6 Å². The zero-order chi connectivity index (χ0) is 15.1. The number of morpholine rings is 1. The quantitative estimate of drug-likeness (QED) is 0.729. The highest BCUT2D eigenvalue weighted by Crippen LogP contribution is 2.06. The first-order valence-electron chi connectivity index (χ1n) is 6.63. The van der Waals surface area contributed by atoms with Crippen molar-refractivity contribution in [3.8, 4) is 0 Å². The van der Waals surface area contributed by atoms with Crippen molar-refractivity contribution in [2.24, 2.45) is 0 Å². The maximum atomic E-state index is 11.8. The average molecular weight is 294 g/mol. The van der Waals surface area contributed by atoms with Crippen LogP contribution >= 0.6 is 0 Å². The van der Waals surface area contributed by atoms with Crippen molar-refractivity contribution in [1.82, 2.24) is 20.2 Å². The maximum Gasteiger partial charge on any atom is 0.270 e. The third-order valence-corrected chi connectivity index (χ3v) is 3.09. The molecule has 2 amide bonds. The third-order valence-electron chi connectivity index (χ3n) is 3.09. The molecule has 0 bridgehead atoms. The fraction of sp³-hybridized carbons (Fsp3) is 0.538. The van der Waals surface area contributed by atoms with Crippen LogP contribution in [0.3, 0.4) is 0 Å². The zero-order valence-electron chi connectivity index (χ0n) is 11.8. The fourth-order valence-corrected chi connectivity index (χ4v) is 1.94. The van der Waals surface area contributed by atoms with Crippen LogP contribution in [0.1, 0.15) is 10.5 Å². The number of amides is 2. The molecule has 1 N–H and O–H groups in total. The van der Waals surface area contributed by atoms with Crippen molar-refractivity contribution in [3.63, 3.8) is 0 Å². The van der Waals surface area contributed by atoms with E-state index in [0.717, 1.165) is 0 Å². The third kappa shape index (κ3) is 4.47. The molecule has 114 valence electrons. The van der Waals surface area contributed by atoms with E-state index in [4.69, 9.17) is 9.47 Å². The van der Waals surface area contributed by atoms with Gasteiger partial charge in [-0.1, -0.05) is 0 Å². The van der Waals surface area contributed by atoms with E-state index < -0.39 is 0 Å². The standard InChI is InChI=1S/C13H18N4O4/c1-20-5-4-17-7-10(21-8-12(17)18)6-15-13(19)11-2-3-14-9-16-11/h2-3,9-10H,4-8H2,1H3,(H,15,19). The van der Waals surface area contributed by atoms with Crippen molar-refractivity contribution < 1.29 is 19.1 Å². The van der Waals surface area contributed by atoms with E-state index in [0.29, 0.717) is 31.9 Å². The van der Waals surface area contributed by atoms with Crippen LogP contribution in [-0.4, -0.2) is 72.7 Å². The van der Waals surface area contributed by atoms with Gasteiger partial charge in [-0.2, -0.15) is 0 Å². The number of nitrogens with one attached hydrogen (secondary N) is 1. The summed E-state index contributed by atoms with van der Waals surface area (Å²) in [6.45, 7) is 1.78. The van der Waals surface area contributed by atoms with Crippen molar-refractivity contribution in [3.05, 3.63) is 24.3 Å². The molecule has 8 heteroatoms. The number of methoxy groups -OCH3 is 1. The summed E-state index contributed by atoms with van der Waals surface area (Å²) >= 11 is 0. The Labute approximate surface area is 122 Å². The Bertz CT molecular complexity index is 482. The summed E-state index contributed by atoms with van der Waals surface area (Å²) in [5, 5.41) is 2.74. The molecular formula is C13H18N4O4. The summed E-state index contributed by atoms with van der Waals surface area (Å²) in [5.74, 6) is -0.355. The normalized spacial score (nSPS) is 18.6. The summed E-state index contributed by atoms with van der Waals surface area (Å²) < 4.78 is 10.4. The lowest BCUT2D eigenvalue weighted by Crippen LogP contribution is -2.51. The molecule has 1 unspecified atom stereocenters. The van der Waals surface area contributed by atoms with Crippen molar-refractivity contribution in [1.29, 1.82) is 0 Å². The van der Waals surface area contributed by atoms with Gasteiger partial charge in [-0.15, -0.1) is 0 Å². The number of nitrogens with zero attached hydrogens (tertiary/aromatic N) is 3. The molecule has 21 heavy (non-hydrogen) atoms. The first-order chi connectivity index (χ1) is 10.2. The lowest BCUT2D eigenvalue weighted by molar-refractivity contribution is -0.149. The minimum absolute atomic E-state index is 0.0256. The number of ether oxygens (including phenoxy) is 2. The predicted molar refractivity (Wildman–Crippen MR) is 72.6 cm³/mol. The molecule has 1 saturated heterocycles. The van der Waals surface area contributed by atoms with E-state index in [1.807, 2.05) is 0 Å². The Morgan fingerprint density at radius 3 is 3.19 bits per heavy atom. The average Bonchev–Trinajstić information content (AvgIpc) is 2.53. The Kier molecular flexibility index (Phi) is 5.59. The van der Waals surface area contributed by atoms with Gasteiger partial charge in [0.1, 0.15) is 18.6 Å². The molecule has 1 atom stereocenters. The monoisotopic (exact) mass is 294 g/mol. The van der Waals surface area contributed by atoms with Gasteiger partial charge in [0.2, 0.25) is 5.91 Å². The van der Waals surface area contributed by atoms with Gasteiger partial charge in [-0.3, -0.25) is 9.59 Å². The lowest BCUT2D eigenvalue weighted by atomic mass is 10.2. The van der Waals surface area contributed by atoms with Gasteiger partial charge in [-0.05, 0) is 6.07 Å². The van der Waals surface area contributed by atoms with Gasteiger partial charge < -0.3 is 19.7 Å². The number of hydrogen-bond donors (Lipinski definition) is 1. The number of carbonyl (C=O) groups is 2. The molecule has 1 fully saturated rings. The van der Waals surface area contributed by atoms with Gasteiger partial charge in [0.15, 0.2) is 0 Å². The summed E-state index contributed by atoms with van der Waals surface area (Å²) in [4.78, 5) is 32.8. The Hall–Kier alpha value is -2.06. The van der Waals surface area contributed by atoms with Gasteiger partial charge in [0.25, 0.3) is 5.91 Å². The molecule has 1 aliphatic rings. The van der Waals surface area contributed by atoms with Gasteiger partial charge in [0, 0.05) is 32.9 Å². The van der Waals surface area contributed by atoms with Gasteiger partial charge >= 0.3 is 0 Å². The molecule has 1 aromatic rings. The summed E-state index contributed by atoms with van der Waals surface area (Å²) in [5.41, 5.74) is 0.299. The van der Waals surface area contributed by atoms with E-state index >= 15 is 0 Å². The minimum Gasteiger partial charge on any atom is -0.383 e. The van der Waals surface area contributed by atoms with E-state index in [1.165, 1.54) is 18.6 Å². The molecule has 0 aliphatic carbocycles. The van der Waals surface area contributed by atoms with Crippen LogP contribution in [0.25, 0.3) is 0 Å². The van der Waals surface area contributed by atoms with Crippen LogP contribution in [0.5, 0.6) is 0 Å². The maximum absolute atomic E-state index is 11.8. The predicted octanol–water partition coefficient (Wildman–Crippen LogP) is -0.920. The van der Waals surface area contributed by atoms with Gasteiger partial charge in [0.05, 0.1) is 12.7 Å². The first-order valence-corrected chi connectivity index (χ1v) is 6.63. The molecular weight excluding hydrogens is 276 g/mol. The Morgan fingerprint density at radius 2 is 2.48 bits per heavy atom. The van der Waals surface area contributed by atoms with Crippen molar-refractivity contribution in [2.45, 2.75) is 6.10 Å². The minimum atomic E-state index is -0.290. The van der Waals surface area contributed by atoms with Crippen LogP contribution in [0, 0.1) is 0 Å². The second-order valence-electron chi connectivity index (χ2n) is 4.57. The Morgan fingerprint density at radius 1 is 1.62 bits per heavy atom. The molecule has 1 aliphatic heterocycles. The van der Waals surface area contributed by atoms with Crippen LogP contribution in [0.2, 0.25) is 0 Å². The molecule has 8 nitrogen and oxygen atoms in total. The molecule has 0 spiro atoms. The molecule has 2 heterocycles. The Balaban J connectivity index is 1.80. The highest BCUT2D eigenvalue weighted by molar-refractivity contribution is 5.92. The van der Waals surface area contributed by atoms with E-state index in [1.54, 1.807) is 12.0 Å². The smallest absolute Gasteiger partial charge is 0.270 e. The largest absolute Gasteiger partial charge is 0.383 e. The number of rotatable bonds is 6. The highest BCUT2D eigenvalue weighted by atomic mass is 16.5. The van der Waals surface area contributed by atoms with Crippen molar-refractivity contribution in [2.75, 3.05) is 40.0 Å². The molecule has 0 aromatic carbocycles. The lowest BCUT2D eigenvalue weighted by Gasteiger charge is -2.32. The van der Waals surface area contributed by atoms with Crippen LogP contribution < -0.4 is 5.32 Å². The second-order valence-corrected chi connectivity index (χ2v) is 4.57. The van der Waals surface area contributed by atoms with E-state index in [-0.39, 0.29) is 24.5 Å². The van der Waals surface area contributed by atoms with E-state index in [9.17, 15) is 9.59 Å². The summed E-state index contributed by atoms with van der Waals surface area (Å²) in [6.07, 6.45) is 2.59. The highest BCUT2D eigenvalue weighted by Gasteiger charge is 2.26. The van der Waals surface area contributed by atoms with Gasteiger partial charge in [-0.25, -0.2) is 9.97 Å². The SMILES string of the molecule is COCCN1CC(CNC(=O)c2ccncn2)OCC1=O. The number of aromatic nitrogens is 2. The fourth-order valence-electron chi connectivity index (χ4n) is 1.94. The van der Waals surface area contributed by atoms with Crippen LogP contribution in [-0.2, 0) is 14.3 Å². The summed E-state index contributed by atoms with van der Waals surface area (Å²) in [7, 11) is 1.59. The topological polar surface area (TPSA) is 93.7 Å². The van der Waals surface area contributed by atoms with Crippen molar-refractivity contribution >= 4 is 11.8 Å². The molecule has 2 rings (SSSR count). The molecule has 1 aromatic heterocycles. The summed E-state index contributed by atoms with van der Waals surface area (Å²) in [6, 6.07) is 1.53. The molecule has 0 saturated carbocycles. The first kappa shape index (κ1) is 15.3. The second kappa shape index (κ2) is 7.65. The number of carbonyl (C=O) groups excluding carboxylic acids is 2. The zero-order valence-corrected chi connectivity index (χ0v) is 11.8.